The molecule has 0 aromatic heterocycles. The fourth-order valence-electron chi connectivity index (χ4n) is 2.42. The van der Waals surface area contributed by atoms with Gasteiger partial charge in [-0.1, -0.05) is 23.8 Å². The number of carbonyl (C=O) groups is 1. The van der Waals surface area contributed by atoms with Gasteiger partial charge in [-0.3, -0.25) is 9.63 Å². The van der Waals surface area contributed by atoms with Crippen LogP contribution >= 0.6 is 34.2 Å². The first-order chi connectivity index (χ1) is 15.1. The number of halogens is 4. The van der Waals surface area contributed by atoms with Crippen LogP contribution in [0.3, 0.4) is 0 Å². The van der Waals surface area contributed by atoms with Gasteiger partial charge in [0.05, 0.1) is 28.6 Å². The normalized spacial score (nSPS) is 11.1. The van der Waals surface area contributed by atoms with E-state index in [2.05, 4.69) is 23.2 Å². The van der Waals surface area contributed by atoms with E-state index < -0.39 is 43.7 Å². The van der Waals surface area contributed by atoms with Gasteiger partial charge in [-0.25, -0.2) is 27.4 Å². The fourth-order valence-corrected chi connectivity index (χ4v) is 4.46. The molecule has 0 spiro atoms. The summed E-state index contributed by atoms with van der Waals surface area (Å²) in [6.07, 6.45) is 3.06. The molecule has 0 fully saturated rings. The van der Waals surface area contributed by atoms with Gasteiger partial charge in [-0.05, 0) is 53.3 Å². The zero-order valence-electron chi connectivity index (χ0n) is 16.6. The van der Waals surface area contributed by atoms with Crippen molar-refractivity contribution in [3.63, 3.8) is 0 Å². The summed E-state index contributed by atoms with van der Waals surface area (Å²) in [4.78, 5) is 16.4. The van der Waals surface area contributed by atoms with Gasteiger partial charge in [-0.15, -0.1) is 13.2 Å². The summed E-state index contributed by atoms with van der Waals surface area (Å²) in [5, 5.41) is 2.74. The Bertz CT molecular complexity index is 1150. The van der Waals surface area contributed by atoms with Crippen LogP contribution in [0, 0.1) is 15.2 Å². The molecule has 0 bridgehead atoms. The summed E-state index contributed by atoms with van der Waals surface area (Å²) in [5.74, 6) is -4.26. The number of anilines is 2. The Morgan fingerprint density at radius 1 is 1.19 bits per heavy atom. The van der Waals surface area contributed by atoms with Crippen LogP contribution in [-0.4, -0.2) is 27.5 Å². The average molecular weight is 598 g/mol. The molecule has 2 aromatic carbocycles. The molecule has 0 radical (unpaired) electrons. The van der Waals surface area contributed by atoms with Crippen LogP contribution in [-0.2, 0) is 14.9 Å². The van der Waals surface area contributed by atoms with Crippen LogP contribution in [0.4, 0.5) is 20.2 Å². The van der Waals surface area contributed by atoms with Crippen molar-refractivity contribution in [1.29, 1.82) is 0 Å². The number of rotatable bonds is 11. The predicted molar refractivity (Wildman–Crippen MR) is 127 cm³/mol. The van der Waals surface area contributed by atoms with Crippen LogP contribution < -0.4 is 15.5 Å². The second-order valence-electron chi connectivity index (χ2n) is 6.18. The maximum absolute atomic E-state index is 15.1. The van der Waals surface area contributed by atoms with Gasteiger partial charge in [0.1, 0.15) is 4.90 Å². The zero-order valence-corrected chi connectivity index (χ0v) is 20.3. The van der Waals surface area contributed by atoms with Crippen LogP contribution in [0.2, 0.25) is 5.02 Å². The lowest BCUT2D eigenvalue weighted by Crippen LogP contribution is -2.28. The van der Waals surface area contributed by atoms with Crippen molar-refractivity contribution in [2.24, 2.45) is 0 Å². The standard InChI is InChI=1S/C20H19ClF2IN3O4S/c1-3-5-8-25-32(29,30)16-11-13(20(28)27-31-9-4-2)19(18(23)17(16)22)26-15-7-6-12(24)10-14(15)21/h3-4,6-7,10-11,25-26H,1-2,5,8-9H2,(H,27,28). The third-order valence-electron chi connectivity index (χ3n) is 3.90. The van der Waals surface area contributed by atoms with Gasteiger partial charge in [0.15, 0.2) is 11.6 Å². The van der Waals surface area contributed by atoms with E-state index in [0.717, 1.165) is 3.57 Å². The molecule has 7 nitrogen and oxygen atoms in total. The summed E-state index contributed by atoms with van der Waals surface area (Å²) in [5.41, 5.74) is 1.06. The molecule has 2 rings (SSSR count). The molecular weight excluding hydrogens is 579 g/mol. The Balaban J connectivity index is 2.60. The summed E-state index contributed by atoms with van der Waals surface area (Å²) >= 11 is 8.16. The summed E-state index contributed by atoms with van der Waals surface area (Å²) in [7, 11) is -4.47. The molecule has 3 N–H and O–H groups in total. The smallest absolute Gasteiger partial charge is 0.277 e. The number of sulfonamides is 1. The minimum atomic E-state index is -4.47. The van der Waals surface area contributed by atoms with E-state index in [9.17, 15) is 17.6 Å². The molecule has 0 aliphatic carbocycles. The Hall–Kier alpha value is -2.06. The van der Waals surface area contributed by atoms with E-state index in [-0.39, 0.29) is 30.3 Å². The number of nitrogens with one attached hydrogen (secondary N) is 3. The average Bonchev–Trinajstić information content (AvgIpc) is 2.73. The van der Waals surface area contributed by atoms with E-state index >= 15 is 4.39 Å². The molecule has 0 aliphatic rings. The van der Waals surface area contributed by atoms with Crippen LogP contribution in [0.5, 0.6) is 0 Å². The number of hydrogen-bond donors (Lipinski definition) is 3. The second kappa shape index (κ2) is 11.7. The van der Waals surface area contributed by atoms with Crippen LogP contribution in [0.25, 0.3) is 0 Å². The molecular formula is C20H19ClF2IN3O4S. The summed E-state index contributed by atoms with van der Waals surface area (Å²) in [6.45, 7) is 6.72. The van der Waals surface area contributed by atoms with Crippen molar-refractivity contribution < 1.29 is 26.8 Å². The molecule has 0 saturated heterocycles. The molecule has 0 aliphatic heterocycles. The molecule has 0 atom stereocenters. The Morgan fingerprint density at radius 2 is 1.91 bits per heavy atom. The SMILES string of the molecule is C=CCCNS(=O)(=O)c1cc(C(=O)NOCC=C)c(Nc2ccc(I)cc2Cl)c(F)c1F. The van der Waals surface area contributed by atoms with Crippen LogP contribution in [0.1, 0.15) is 16.8 Å². The first kappa shape index (κ1) is 26.2. The summed E-state index contributed by atoms with van der Waals surface area (Å²) in [6, 6.07) is 5.43. The highest BCUT2D eigenvalue weighted by Gasteiger charge is 2.29. The minimum absolute atomic E-state index is 0.0740. The van der Waals surface area contributed by atoms with Crippen LogP contribution in [0.15, 0.2) is 54.5 Å². The lowest BCUT2D eigenvalue weighted by molar-refractivity contribution is 0.0422. The Labute approximate surface area is 203 Å². The van der Waals surface area contributed by atoms with Crippen molar-refractivity contribution in [1.82, 2.24) is 10.2 Å². The molecule has 1 amide bonds. The fraction of sp³-hybridized carbons (Fsp3) is 0.150. The topological polar surface area (TPSA) is 96.5 Å². The Kier molecular flexibility index (Phi) is 9.58. The van der Waals surface area contributed by atoms with Gasteiger partial charge < -0.3 is 5.32 Å². The maximum Gasteiger partial charge on any atom is 0.277 e. The molecule has 0 unspecified atom stereocenters. The van der Waals surface area contributed by atoms with E-state index in [0.29, 0.717) is 6.07 Å². The number of carbonyl (C=O) groups excluding carboxylic acids is 1. The molecule has 32 heavy (non-hydrogen) atoms. The highest BCUT2D eigenvalue weighted by atomic mass is 127. The quantitative estimate of drug-likeness (QED) is 0.152. The molecule has 172 valence electrons. The number of hydrogen-bond acceptors (Lipinski definition) is 5. The van der Waals surface area contributed by atoms with Crippen molar-refractivity contribution in [2.45, 2.75) is 11.3 Å². The number of hydroxylamine groups is 1. The zero-order chi connectivity index (χ0) is 23.9. The maximum atomic E-state index is 15.1. The Morgan fingerprint density at radius 3 is 2.53 bits per heavy atom. The first-order valence-corrected chi connectivity index (χ1v) is 11.9. The van der Waals surface area contributed by atoms with Crippen molar-refractivity contribution >= 4 is 61.5 Å². The van der Waals surface area contributed by atoms with E-state index in [1.807, 2.05) is 28.1 Å². The van der Waals surface area contributed by atoms with Gasteiger partial charge in [0.25, 0.3) is 5.91 Å². The monoisotopic (exact) mass is 597 g/mol. The van der Waals surface area contributed by atoms with Gasteiger partial charge in [-0.2, -0.15) is 0 Å². The highest BCUT2D eigenvalue weighted by molar-refractivity contribution is 14.1. The molecule has 0 heterocycles. The van der Waals surface area contributed by atoms with Crippen molar-refractivity contribution in [3.05, 3.63) is 75.4 Å². The van der Waals surface area contributed by atoms with Gasteiger partial charge in [0.2, 0.25) is 10.0 Å². The van der Waals surface area contributed by atoms with E-state index in [1.54, 1.807) is 12.1 Å². The lowest BCUT2D eigenvalue weighted by Gasteiger charge is -2.17. The molecule has 0 saturated carbocycles. The third kappa shape index (κ3) is 6.48. The van der Waals surface area contributed by atoms with Gasteiger partial charge in [0, 0.05) is 10.1 Å². The summed E-state index contributed by atoms with van der Waals surface area (Å²) < 4.78 is 57.8. The highest BCUT2D eigenvalue weighted by Crippen LogP contribution is 2.33. The lowest BCUT2D eigenvalue weighted by atomic mass is 10.1. The van der Waals surface area contributed by atoms with Crippen molar-refractivity contribution in [2.75, 3.05) is 18.5 Å². The molecule has 12 heteroatoms. The third-order valence-corrected chi connectivity index (χ3v) is 6.35. The van der Waals surface area contributed by atoms with E-state index in [1.165, 1.54) is 18.2 Å². The largest absolute Gasteiger partial charge is 0.351 e. The van der Waals surface area contributed by atoms with Crippen molar-refractivity contribution in [3.8, 4) is 0 Å². The minimum Gasteiger partial charge on any atom is -0.351 e. The second-order valence-corrected chi connectivity index (χ2v) is 9.57. The number of benzene rings is 2. The van der Waals surface area contributed by atoms with E-state index in [4.69, 9.17) is 16.4 Å². The molecule has 2 aromatic rings. The number of amides is 1. The predicted octanol–water partition coefficient (Wildman–Crippen LogP) is 4.67. The van der Waals surface area contributed by atoms with Gasteiger partial charge >= 0.3 is 0 Å². The first-order valence-electron chi connectivity index (χ1n) is 9.00.